The van der Waals surface area contributed by atoms with Crippen molar-refractivity contribution in [2.75, 3.05) is 17.2 Å². The monoisotopic (exact) mass is 327 g/mol. The molecule has 0 atom stereocenters. The molecule has 0 unspecified atom stereocenters. The summed E-state index contributed by atoms with van der Waals surface area (Å²) in [6.45, 7) is 4.52. The topological polar surface area (TPSA) is 37.0 Å². The minimum Gasteiger partial charge on any atom is -0.369 e. The number of aromatic nitrogens is 1. The standard InChI is InChI=1S/C15H16Cl2FN3/c1-3-6-19-14-11(16)8-12(17)15(21-14)20-10-4-5-13(18)9(2)7-10/h4-5,7-8H,3,6H2,1-2H3,(H2,19,20,21). The molecule has 0 spiro atoms. The molecule has 0 aliphatic heterocycles. The van der Waals surface area contributed by atoms with Crippen molar-refractivity contribution >= 4 is 40.5 Å². The average Bonchev–Trinajstić information content (AvgIpc) is 2.44. The van der Waals surface area contributed by atoms with Gasteiger partial charge in [-0.3, -0.25) is 0 Å². The van der Waals surface area contributed by atoms with Gasteiger partial charge in [-0.05, 0) is 43.2 Å². The van der Waals surface area contributed by atoms with Gasteiger partial charge >= 0.3 is 0 Å². The smallest absolute Gasteiger partial charge is 0.151 e. The van der Waals surface area contributed by atoms with E-state index in [1.807, 2.05) is 0 Å². The normalized spacial score (nSPS) is 10.5. The maximum absolute atomic E-state index is 13.3. The molecule has 2 N–H and O–H groups in total. The van der Waals surface area contributed by atoms with Gasteiger partial charge in [-0.25, -0.2) is 9.37 Å². The number of pyridine rings is 1. The lowest BCUT2D eigenvalue weighted by molar-refractivity contribution is 0.619. The molecule has 0 bridgehead atoms. The number of nitrogens with zero attached hydrogens (tertiary/aromatic N) is 1. The van der Waals surface area contributed by atoms with E-state index in [4.69, 9.17) is 23.2 Å². The van der Waals surface area contributed by atoms with E-state index in [9.17, 15) is 4.39 Å². The first-order chi connectivity index (χ1) is 10.0. The van der Waals surface area contributed by atoms with Gasteiger partial charge in [0.15, 0.2) is 5.82 Å². The minimum atomic E-state index is -0.249. The van der Waals surface area contributed by atoms with Crippen molar-refractivity contribution in [1.82, 2.24) is 4.98 Å². The Labute approximate surface area is 133 Å². The second-order valence-electron chi connectivity index (χ2n) is 4.66. The first kappa shape index (κ1) is 15.9. The molecule has 112 valence electrons. The van der Waals surface area contributed by atoms with Gasteiger partial charge < -0.3 is 10.6 Å². The van der Waals surface area contributed by atoms with Crippen LogP contribution in [0.2, 0.25) is 10.0 Å². The van der Waals surface area contributed by atoms with Gasteiger partial charge in [0.2, 0.25) is 0 Å². The summed E-state index contributed by atoms with van der Waals surface area (Å²) < 4.78 is 13.3. The Morgan fingerprint density at radius 2 is 1.86 bits per heavy atom. The Hall–Kier alpha value is -1.52. The van der Waals surface area contributed by atoms with Crippen LogP contribution >= 0.6 is 23.2 Å². The summed E-state index contributed by atoms with van der Waals surface area (Å²) in [5.74, 6) is 0.802. The molecule has 0 saturated carbocycles. The van der Waals surface area contributed by atoms with E-state index in [2.05, 4.69) is 22.5 Å². The zero-order valence-electron chi connectivity index (χ0n) is 11.8. The molecule has 0 radical (unpaired) electrons. The lowest BCUT2D eigenvalue weighted by atomic mass is 10.2. The van der Waals surface area contributed by atoms with E-state index >= 15 is 0 Å². The van der Waals surface area contributed by atoms with Gasteiger partial charge in [0.1, 0.15) is 11.6 Å². The predicted molar refractivity (Wildman–Crippen MR) is 87.5 cm³/mol. The fraction of sp³-hybridized carbons (Fsp3) is 0.267. The lowest BCUT2D eigenvalue weighted by Gasteiger charge is -2.12. The van der Waals surface area contributed by atoms with E-state index in [0.717, 1.165) is 13.0 Å². The molecule has 1 aromatic carbocycles. The van der Waals surface area contributed by atoms with E-state index in [1.165, 1.54) is 6.07 Å². The SMILES string of the molecule is CCCNc1nc(Nc2ccc(F)c(C)c2)c(Cl)cc1Cl. The van der Waals surface area contributed by atoms with Crippen molar-refractivity contribution in [3.05, 3.63) is 45.7 Å². The number of hydrogen-bond donors (Lipinski definition) is 2. The van der Waals surface area contributed by atoms with Crippen LogP contribution in [0.4, 0.5) is 21.7 Å². The fourth-order valence-corrected chi connectivity index (χ4v) is 2.25. The third kappa shape index (κ3) is 3.99. The molecule has 0 amide bonds. The van der Waals surface area contributed by atoms with Crippen LogP contribution in [0.15, 0.2) is 24.3 Å². The summed E-state index contributed by atoms with van der Waals surface area (Å²) >= 11 is 12.2. The first-order valence-electron chi connectivity index (χ1n) is 6.64. The maximum Gasteiger partial charge on any atom is 0.151 e. The molecule has 3 nitrogen and oxygen atoms in total. The first-order valence-corrected chi connectivity index (χ1v) is 7.40. The third-order valence-corrected chi connectivity index (χ3v) is 3.47. The van der Waals surface area contributed by atoms with Crippen molar-refractivity contribution in [3.63, 3.8) is 0 Å². The van der Waals surface area contributed by atoms with Gasteiger partial charge in [0, 0.05) is 12.2 Å². The van der Waals surface area contributed by atoms with Crippen LogP contribution in [0.5, 0.6) is 0 Å². The van der Waals surface area contributed by atoms with Crippen LogP contribution in [0, 0.1) is 12.7 Å². The summed E-state index contributed by atoms with van der Waals surface area (Å²) in [4.78, 5) is 4.38. The molecule has 0 saturated heterocycles. The van der Waals surface area contributed by atoms with Crippen LogP contribution in [0.25, 0.3) is 0 Å². The summed E-state index contributed by atoms with van der Waals surface area (Å²) in [5, 5.41) is 7.08. The van der Waals surface area contributed by atoms with Gasteiger partial charge in [-0.15, -0.1) is 0 Å². The van der Waals surface area contributed by atoms with Gasteiger partial charge in [0.05, 0.1) is 10.0 Å². The molecule has 6 heteroatoms. The highest BCUT2D eigenvalue weighted by atomic mass is 35.5. The second kappa shape index (κ2) is 6.96. The Morgan fingerprint density at radius 3 is 2.52 bits per heavy atom. The number of benzene rings is 1. The number of rotatable bonds is 5. The average molecular weight is 328 g/mol. The quantitative estimate of drug-likeness (QED) is 0.771. The number of anilines is 3. The van der Waals surface area contributed by atoms with Crippen molar-refractivity contribution in [2.24, 2.45) is 0 Å². The molecule has 1 heterocycles. The second-order valence-corrected chi connectivity index (χ2v) is 5.48. The predicted octanol–water partition coefficient (Wildman–Crippen LogP) is 5.40. The zero-order chi connectivity index (χ0) is 15.4. The van der Waals surface area contributed by atoms with E-state index < -0.39 is 0 Å². The van der Waals surface area contributed by atoms with E-state index in [1.54, 1.807) is 25.1 Å². The largest absolute Gasteiger partial charge is 0.369 e. The molecule has 2 rings (SSSR count). The molecular formula is C15H16Cl2FN3. The minimum absolute atomic E-state index is 0.249. The maximum atomic E-state index is 13.3. The highest BCUT2D eigenvalue weighted by molar-refractivity contribution is 6.37. The lowest BCUT2D eigenvalue weighted by Crippen LogP contribution is -2.05. The third-order valence-electron chi connectivity index (χ3n) is 2.89. The number of hydrogen-bond acceptors (Lipinski definition) is 3. The van der Waals surface area contributed by atoms with Crippen molar-refractivity contribution in [3.8, 4) is 0 Å². The Morgan fingerprint density at radius 1 is 1.14 bits per heavy atom. The van der Waals surface area contributed by atoms with Crippen molar-refractivity contribution in [2.45, 2.75) is 20.3 Å². The van der Waals surface area contributed by atoms with Crippen molar-refractivity contribution in [1.29, 1.82) is 0 Å². The molecule has 0 fully saturated rings. The zero-order valence-corrected chi connectivity index (χ0v) is 13.3. The Kier molecular flexibility index (Phi) is 5.26. The van der Waals surface area contributed by atoms with Crippen LogP contribution < -0.4 is 10.6 Å². The van der Waals surface area contributed by atoms with Gasteiger partial charge in [-0.2, -0.15) is 0 Å². The molecular weight excluding hydrogens is 312 g/mol. The fourth-order valence-electron chi connectivity index (χ4n) is 1.78. The van der Waals surface area contributed by atoms with E-state index in [0.29, 0.717) is 32.9 Å². The highest BCUT2D eigenvalue weighted by Gasteiger charge is 2.10. The van der Waals surface area contributed by atoms with Gasteiger partial charge in [0.25, 0.3) is 0 Å². The van der Waals surface area contributed by atoms with Gasteiger partial charge in [-0.1, -0.05) is 30.1 Å². The molecule has 21 heavy (non-hydrogen) atoms. The molecule has 1 aromatic heterocycles. The Bertz CT molecular complexity index is 647. The van der Waals surface area contributed by atoms with Crippen LogP contribution in [0.1, 0.15) is 18.9 Å². The van der Waals surface area contributed by atoms with Crippen LogP contribution in [-0.4, -0.2) is 11.5 Å². The summed E-state index contributed by atoms with van der Waals surface area (Å²) in [6.07, 6.45) is 0.959. The summed E-state index contributed by atoms with van der Waals surface area (Å²) in [6, 6.07) is 6.36. The number of nitrogens with one attached hydrogen (secondary N) is 2. The molecule has 0 aliphatic carbocycles. The highest BCUT2D eigenvalue weighted by Crippen LogP contribution is 2.31. The van der Waals surface area contributed by atoms with Crippen LogP contribution in [0.3, 0.4) is 0 Å². The van der Waals surface area contributed by atoms with Crippen LogP contribution in [-0.2, 0) is 0 Å². The van der Waals surface area contributed by atoms with Crippen molar-refractivity contribution < 1.29 is 4.39 Å². The Balaban J connectivity index is 2.28. The number of aryl methyl sites for hydroxylation is 1. The number of halogens is 3. The van der Waals surface area contributed by atoms with E-state index in [-0.39, 0.29) is 5.82 Å². The molecule has 0 aliphatic rings. The summed E-state index contributed by atoms with van der Waals surface area (Å²) in [5.41, 5.74) is 1.27. The molecule has 2 aromatic rings. The summed E-state index contributed by atoms with van der Waals surface area (Å²) in [7, 11) is 0.